The van der Waals surface area contributed by atoms with Gasteiger partial charge in [0.25, 0.3) is 0 Å². The lowest BCUT2D eigenvalue weighted by molar-refractivity contribution is -0.0598. The van der Waals surface area contributed by atoms with Gasteiger partial charge in [-0.05, 0) is 18.9 Å². The number of nitriles is 1. The summed E-state index contributed by atoms with van der Waals surface area (Å²) in [6.07, 6.45) is 1.36. The average molecular weight is 259 g/mol. The molecular formula is C16H21NO2. The van der Waals surface area contributed by atoms with Crippen LogP contribution in [0.5, 0.6) is 5.75 Å². The van der Waals surface area contributed by atoms with Crippen LogP contribution in [0.2, 0.25) is 0 Å². The van der Waals surface area contributed by atoms with Crippen molar-refractivity contribution in [1.29, 1.82) is 5.26 Å². The van der Waals surface area contributed by atoms with E-state index in [4.69, 9.17) is 4.74 Å². The second-order valence-corrected chi connectivity index (χ2v) is 5.57. The normalized spacial score (nSPS) is 26.5. The fraction of sp³-hybridized carbons (Fsp3) is 0.562. The van der Waals surface area contributed by atoms with Gasteiger partial charge in [0.15, 0.2) is 0 Å². The van der Waals surface area contributed by atoms with E-state index in [1.165, 1.54) is 0 Å². The number of ether oxygens (including phenoxy) is 1. The highest BCUT2D eigenvalue weighted by Crippen LogP contribution is 2.48. The lowest BCUT2D eigenvalue weighted by Crippen LogP contribution is -2.55. The minimum atomic E-state index is -1.07. The quantitative estimate of drug-likeness (QED) is 0.907. The molecule has 0 aromatic heterocycles. The summed E-state index contributed by atoms with van der Waals surface area (Å²) in [5.74, 6) is 0.761. The van der Waals surface area contributed by atoms with E-state index in [0.29, 0.717) is 13.0 Å². The molecule has 0 saturated heterocycles. The Labute approximate surface area is 114 Å². The minimum Gasteiger partial charge on any atom is -0.493 e. The molecule has 3 nitrogen and oxygen atoms in total. The van der Waals surface area contributed by atoms with Crippen molar-refractivity contribution >= 4 is 0 Å². The Bertz CT molecular complexity index is 504. The molecule has 3 unspecified atom stereocenters. The van der Waals surface area contributed by atoms with Crippen LogP contribution in [0.15, 0.2) is 24.3 Å². The maximum absolute atomic E-state index is 11.0. The predicted octanol–water partition coefficient (Wildman–Crippen LogP) is 3.03. The van der Waals surface area contributed by atoms with Gasteiger partial charge in [0.1, 0.15) is 11.2 Å². The number of hydrogen-bond donors (Lipinski definition) is 1. The second kappa shape index (κ2) is 4.86. The molecular weight excluding hydrogens is 238 g/mol. The Morgan fingerprint density at radius 2 is 2.21 bits per heavy atom. The Kier molecular flexibility index (Phi) is 3.56. The summed E-state index contributed by atoms with van der Waals surface area (Å²) in [4.78, 5) is 0. The largest absolute Gasteiger partial charge is 0.493 e. The SMILES string of the molecule is CCC(C)C(C)(O)C1(C#N)CCOc2ccccc21. The number of hydrogen-bond acceptors (Lipinski definition) is 3. The molecule has 3 heteroatoms. The van der Waals surface area contributed by atoms with E-state index >= 15 is 0 Å². The molecule has 19 heavy (non-hydrogen) atoms. The van der Waals surface area contributed by atoms with Crippen molar-refractivity contribution < 1.29 is 9.84 Å². The third kappa shape index (κ3) is 1.91. The topological polar surface area (TPSA) is 53.2 Å². The highest BCUT2D eigenvalue weighted by molar-refractivity contribution is 5.48. The summed E-state index contributed by atoms with van der Waals surface area (Å²) in [5.41, 5.74) is -1.15. The fourth-order valence-electron chi connectivity index (χ4n) is 2.97. The highest BCUT2D eigenvalue weighted by Gasteiger charge is 2.54. The molecule has 1 aromatic carbocycles. The zero-order chi connectivity index (χ0) is 14.1. The van der Waals surface area contributed by atoms with Crippen molar-refractivity contribution in [1.82, 2.24) is 0 Å². The summed E-state index contributed by atoms with van der Waals surface area (Å²) in [6.45, 7) is 6.29. The number of aliphatic hydroxyl groups is 1. The molecule has 0 fully saturated rings. The van der Waals surface area contributed by atoms with E-state index in [1.54, 1.807) is 6.92 Å². The van der Waals surface area contributed by atoms with Gasteiger partial charge in [0, 0.05) is 12.0 Å². The number of nitrogens with zero attached hydrogens (tertiary/aromatic N) is 1. The van der Waals surface area contributed by atoms with Crippen molar-refractivity contribution in [3.8, 4) is 11.8 Å². The summed E-state index contributed by atoms with van der Waals surface area (Å²) in [6, 6.07) is 9.95. The number of benzene rings is 1. The number of fused-ring (bicyclic) bond motifs is 1. The van der Waals surface area contributed by atoms with Crippen LogP contribution in [0.1, 0.15) is 39.2 Å². The van der Waals surface area contributed by atoms with E-state index in [9.17, 15) is 10.4 Å². The Morgan fingerprint density at radius 3 is 2.84 bits per heavy atom. The summed E-state index contributed by atoms with van der Waals surface area (Å²) in [5, 5.41) is 20.8. The molecule has 0 radical (unpaired) electrons. The highest BCUT2D eigenvalue weighted by atomic mass is 16.5. The van der Waals surface area contributed by atoms with Crippen LogP contribution in [0.25, 0.3) is 0 Å². The molecule has 2 rings (SSSR count). The maximum atomic E-state index is 11.0. The number of para-hydroxylation sites is 1. The van der Waals surface area contributed by atoms with Gasteiger partial charge in [-0.15, -0.1) is 0 Å². The third-order valence-corrected chi connectivity index (χ3v) is 4.71. The summed E-state index contributed by atoms with van der Waals surface area (Å²) < 4.78 is 5.63. The molecule has 1 aromatic rings. The van der Waals surface area contributed by atoms with E-state index in [-0.39, 0.29) is 5.92 Å². The van der Waals surface area contributed by atoms with Crippen LogP contribution < -0.4 is 4.74 Å². The number of rotatable bonds is 3. The molecule has 102 valence electrons. The molecule has 1 N–H and O–H groups in total. The Morgan fingerprint density at radius 1 is 1.53 bits per heavy atom. The lowest BCUT2D eigenvalue weighted by Gasteiger charge is -2.46. The van der Waals surface area contributed by atoms with Crippen LogP contribution in [-0.2, 0) is 5.41 Å². The first-order valence-corrected chi connectivity index (χ1v) is 6.85. The second-order valence-electron chi connectivity index (χ2n) is 5.57. The summed E-state index contributed by atoms with van der Waals surface area (Å²) in [7, 11) is 0. The van der Waals surface area contributed by atoms with Crippen molar-refractivity contribution in [2.45, 2.75) is 44.6 Å². The van der Waals surface area contributed by atoms with Gasteiger partial charge in [-0.3, -0.25) is 0 Å². The standard InChI is InChI=1S/C16H21NO2/c1-4-12(2)15(3,18)16(11-17)9-10-19-14-8-6-5-7-13(14)16/h5-8,12,18H,4,9-10H2,1-3H3. The van der Waals surface area contributed by atoms with E-state index in [0.717, 1.165) is 17.7 Å². The van der Waals surface area contributed by atoms with Gasteiger partial charge >= 0.3 is 0 Å². The average Bonchev–Trinajstić information content (AvgIpc) is 2.45. The molecule has 1 aliphatic rings. The van der Waals surface area contributed by atoms with Crippen molar-refractivity contribution in [3.63, 3.8) is 0 Å². The van der Waals surface area contributed by atoms with E-state index < -0.39 is 11.0 Å². The van der Waals surface area contributed by atoms with Gasteiger partial charge in [0.2, 0.25) is 0 Å². The molecule has 0 saturated carbocycles. The Balaban J connectivity index is 2.60. The first kappa shape index (κ1) is 13.9. The molecule has 0 bridgehead atoms. The van der Waals surface area contributed by atoms with Gasteiger partial charge < -0.3 is 9.84 Å². The fourth-order valence-corrected chi connectivity index (χ4v) is 2.97. The van der Waals surface area contributed by atoms with Crippen LogP contribution in [0.4, 0.5) is 0 Å². The molecule has 0 spiro atoms. The van der Waals surface area contributed by atoms with Crippen LogP contribution >= 0.6 is 0 Å². The van der Waals surface area contributed by atoms with Crippen molar-refractivity contribution in [2.75, 3.05) is 6.61 Å². The Hall–Kier alpha value is -1.53. The van der Waals surface area contributed by atoms with Gasteiger partial charge in [-0.2, -0.15) is 5.26 Å². The van der Waals surface area contributed by atoms with Crippen LogP contribution in [0, 0.1) is 17.2 Å². The molecule has 3 atom stereocenters. The summed E-state index contributed by atoms with van der Waals surface area (Å²) >= 11 is 0. The smallest absolute Gasteiger partial charge is 0.124 e. The zero-order valence-corrected chi connectivity index (χ0v) is 11.8. The molecule has 1 aliphatic heterocycles. The van der Waals surface area contributed by atoms with Crippen LogP contribution in [0.3, 0.4) is 0 Å². The monoisotopic (exact) mass is 259 g/mol. The lowest BCUT2D eigenvalue weighted by atomic mass is 9.61. The van der Waals surface area contributed by atoms with Crippen molar-refractivity contribution in [2.24, 2.45) is 5.92 Å². The van der Waals surface area contributed by atoms with Crippen molar-refractivity contribution in [3.05, 3.63) is 29.8 Å². The molecule has 0 aliphatic carbocycles. The zero-order valence-electron chi connectivity index (χ0n) is 11.8. The van der Waals surface area contributed by atoms with Gasteiger partial charge in [0.05, 0.1) is 18.3 Å². The minimum absolute atomic E-state index is 0.0401. The first-order chi connectivity index (χ1) is 8.99. The van der Waals surface area contributed by atoms with Gasteiger partial charge in [-0.1, -0.05) is 38.5 Å². The van der Waals surface area contributed by atoms with E-state index in [1.807, 2.05) is 38.1 Å². The molecule has 1 heterocycles. The maximum Gasteiger partial charge on any atom is 0.124 e. The predicted molar refractivity (Wildman–Crippen MR) is 73.9 cm³/mol. The van der Waals surface area contributed by atoms with E-state index in [2.05, 4.69) is 6.07 Å². The third-order valence-electron chi connectivity index (χ3n) is 4.71. The van der Waals surface area contributed by atoms with Crippen LogP contribution in [-0.4, -0.2) is 17.3 Å². The van der Waals surface area contributed by atoms with Gasteiger partial charge in [-0.25, -0.2) is 0 Å². The molecule has 0 amide bonds. The first-order valence-electron chi connectivity index (χ1n) is 6.85.